The quantitative estimate of drug-likeness (QED) is 0.157. The minimum atomic E-state index is -1.77. The van der Waals surface area contributed by atoms with E-state index in [9.17, 15) is 9.90 Å². The van der Waals surface area contributed by atoms with Gasteiger partial charge in [-0.2, -0.15) is 0 Å². The van der Waals surface area contributed by atoms with Crippen LogP contribution in [-0.2, 0) is 15.1 Å². The van der Waals surface area contributed by atoms with E-state index in [0.29, 0.717) is 28.3 Å². The van der Waals surface area contributed by atoms with E-state index in [0.717, 1.165) is 16.7 Å². The van der Waals surface area contributed by atoms with Crippen LogP contribution >= 0.6 is 0 Å². The van der Waals surface area contributed by atoms with Gasteiger partial charge in [0.2, 0.25) is 5.95 Å². The minimum Gasteiger partial charge on any atom is -0.497 e. The van der Waals surface area contributed by atoms with Crippen LogP contribution in [0, 0.1) is 0 Å². The first-order chi connectivity index (χ1) is 24.4. The maximum absolute atomic E-state index is 16.0. The van der Waals surface area contributed by atoms with Crippen molar-refractivity contribution in [3.8, 4) is 11.5 Å². The molecule has 0 spiro atoms. The molecule has 11 heteroatoms. The Bertz CT molecular complexity index is 2010. The molecule has 0 radical (unpaired) electrons. The Balaban J connectivity index is 1.19. The van der Waals surface area contributed by atoms with Crippen LogP contribution in [0.1, 0.15) is 38.7 Å². The third-order valence-electron chi connectivity index (χ3n) is 8.96. The Kier molecular flexibility index (Phi) is 9.27. The summed E-state index contributed by atoms with van der Waals surface area (Å²) in [6.45, 7) is -0.156. The molecule has 50 heavy (non-hydrogen) atoms. The van der Waals surface area contributed by atoms with Crippen molar-refractivity contribution in [1.82, 2.24) is 14.4 Å². The number of halogens is 1. The summed E-state index contributed by atoms with van der Waals surface area (Å²) in [5, 5.41) is 14.0. The maximum Gasteiger partial charge on any atom is 0.257 e. The lowest BCUT2D eigenvalue weighted by Gasteiger charge is -2.37. The summed E-state index contributed by atoms with van der Waals surface area (Å²) >= 11 is 0. The summed E-state index contributed by atoms with van der Waals surface area (Å²) in [6, 6.07) is 35.2. The lowest BCUT2D eigenvalue weighted by atomic mass is 9.80. The van der Waals surface area contributed by atoms with Crippen molar-refractivity contribution in [3.63, 3.8) is 0 Å². The van der Waals surface area contributed by atoms with Crippen LogP contribution in [0.5, 0.6) is 11.5 Å². The highest BCUT2D eigenvalue weighted by molar-refractivity contribution is 6.03. The van der Waals surface area contributed by atoms with Crippen LogP contribution in [0.15, 0.2) is 128 Å². The van der Waals surface area contributed by atoms with Crippen molar-refractivity contribution >= 4 is 17.5 Å². The van der Waals surface area contributed by atoms with E-state index < -0.39 is 30.1 Å². The summed E-state index contributed by atoms with van der Waals surface area (Å²) in [5.41, 5.74) is 2.52. The molecule has 0 saturated carbocycles. The lowest BCUT2D eigenvalue weighted by Crippen LogP contribution is -2.39. The Morgan fingerprint density at radius 3 is 2.04 bits per heavy atom. The monoisotopic (exact) mass is 674 g/mol. The molecule has 2 aromatic heterocycles. The number of methoxy groups -OCH3 is 2. The zero-order valence-electron chi connectivity index (χ0n) is 27.3. The molecule has 1 aliphatic heterocycles. The van der Waals surface area contributed by atoms with Crippen LogP contribution in [-0.4, -0.2) is 64.6 Å². The largest absolute Gasteiger partial charge is 0.497 e. The van der Waals surface area contributed by atoms with E-state index in [2.05, 4.69) is 15.3 Å². The molecule has 4 atom stereocenters. The third-order valence-corrected chi connectivity index (χ3v) is 8.96. The van der Waals surface area contributed by atoms with E-state index >= 15 is 4.39 Å². The molecule has 0 aliphatic carbocycles. The molecule has 1 saturated heterocycles. The van der Waals surface area contributed by atoms with E-state index in [1.165, 1.54) is 6.33 Å². The Hall–Kier alpha value is -5.62. The molecule has 0 bridgehead atoms. The number of alkyl halides is 1. The number of rotatable bonds is 11. The van der Waals surface area contributed by atoms with Crippen LogP contribution in [0.4, 0.5) is 10.3 Å². The van der Waals surface area contributed by atoms with Gasteiger partial charge < -0.3 is 24.1 Å². The van der Waals surface area contributed by atoms with E-state index in [1.54, 1.807) is 55.1 Å². The molecule has 2 N–H and O–H groups in total. The number of aliphatic hydroxyl groups is 1. The van der Waals surface area contributed by atoms with Crippen LogP contribution < -0.4 is 14.8 Å². The number of benzene rings is 4. The Morgan fingerprint density at radius 1 is 0.860 bits per heavy atom. The first-order valence-electron chi connectivity index (χ1n) is 16.1. The molecule has 0 unspecified atom stereocenters. The molecule has 254 valence electrons. The van der Waals surface area contributed by atoms with Gasteiger partial charge >= 0.3 is 0 Å². The van der Waals surface area contributed by atoms with Gasteiger partial charge in [-0.1, -0.05) is 72.8 Å². The van der Waals surface area contributed by atoms with Crippen LogP contribution in [0.25, 0.3) is 5.65 Å². The number of nitrogens with one attached hydrogen (secondary N) is 1. The van der Waals surface area contributed by atoms with Gasteiger partial charge in [0.25, 0.3) is 5.91 Å². The van der Waals surface area contributed by atoms with Gasteiger partial charge in [-0.05, 0) is 59.2 Å². The summed E-state index contributed by atoms with van der Waals surface area (Å²) in [7, 11) is 3.20. The SMILES string of the molecule is COc1ccc(C(OC[C@H]2O[C@@H](c3cc4ncnc(NC(=O)c5ccccc5)n4c3)[C@@H](F)[C@@H]2O)(c2ccccc2)c2ccc(OC)cc2)cc1. The number of fused-ring (bicyclic) bond motifs is 1. The molecule has 4 aromatic carbocycles. The number of carbonyl (C=O) groups is 1. The molecule has 10 nitrogen and oxygen atoms in total. The highest BCUT2D eigenvalue weighted by Gasteiger charge is 2.47. The minimum absolute atomic E-state index is 0.156. The summed E-state index contributed by atoms with van der Waals surface area (Å²) in [6.07, 6.45) is -2.51. The molecule has 7 rings (SSSR count). The van der Waals surface area contributed by atoms with E-state index in [-0.39, 0.29) is 18.5 Å². The fourth-order valence-electron chi connectivity index (χ4n) is 6.37. The summed E-state index contributed by atoms with van der Waals surface area (Å²) < 4.78 is 41.5. The van der Waals surface area contributed by atoms with Gasteiger partial charge in [-0.15, -0.1) is 0 Å². The second-order valence-electron chi connectivity index (χ2n) is 11.9. The number of nitrogens with zero attached hydrogens (tertiary/aromatic N) is 3. The number of anilines is 1. The van der Waals surface area contributed by atoms with Crippen LogP contribution in [0.2, 0.25) is 0 Å². The predicted octanol–water partition coefficient (Wildman–Crippen LogP) is 6.15. The normalized spacial score (nSPS) is 19.0. The lowest BCUT2D eigenvalue weighted by molar-refractivity contribution is -0.0828. The second-order valence-corrected chi connectivity index (χ2v) is 11.9. The molecule has 6 aromatic rings. The number of carbonyl (C=O) groups excluding carboxylic acids is 1. The van der Waals surface area contributed by atoms with Crippen molar-refractivity contribution < 1.29 is 33.2 Å². The van der Waals surface area contributed by atoms with E-state index in [4.69, 9.17) is 18.9 Å². The van der Waals surface area contributed by atoms with Gasteiger partial charge in [-0.25, -0.2) is 14.4 Å². The predicted molar refractivity (Wildman–Crippen MR) is 184 cm³/mol. The first kappa shape index (κ1) is 32.9. The fraction of sp³-hybridized carbons (Fsp3) is 0.205. The number of aliphatic hydroxyl groups excluding tert-OH is 1. The number of ether oxygens (including phenoxy) is 4. The Labute approximate surface area is 288 Å². The highest BCUT2D eigenvalue weighted by atomic mass is 19.1. The highest BCUT2D eigenvalue weighted by Crippen LogP contribution is 2.44. The summed E-state index contributed by atoms with van der Waals surface area (Å²) in [5.74, 6) is 1.20. The van der Waals surface area contributed by atoms with Crippen LogP contribution in [0.3, 0.4) is 0 Å². The van der Waals surface area contributed by atoms with Crippen molar-refractivity contribution in [2.24, 2.45) is 0 Å². The van der Waals surface area contributed by atoms with Crippen molar-refractivity contribution in [3.05, 3.63) is 156 Å². The zero-order chi connectivity index (χ0) is 34.7. The first-order valence-corrected chi connectivity index (χ1v) is 16.1. The second kappa shape index (κ2) is 14.1. The van der Waals surface area contributed by atoms with E-state index in [1.807, 2.05) is 84.9 Å². The molecular formula is C39H35FN4O6. The molecule has 3 heterocycles. The summed E-state index contributed by atoms with van der Waals surface area (Å²) in [4.78, 5) is 21.4. The van der Waals surface area contributed by atoms with Gasteiger partial charge in [0, 0.05) is 17.3 Å². The fourth-order valence-corrected chi connectivity index (χ4v) is 6.37. The number of amides is 1. The molecular weight excluding hydrogens is 639 g/mol. The average molecular weight is 675 g/mol. The third kappa shape index (κ3) is 6.18. The number of hydrogen-bond acceptors (Lipinski definition) is 8. The number of hydrogen-bond donors (Lipinski definition) is 2. The van der Waals surface area contributed by atoms with Crippen molar-refractivity contribution in [2.75, 3.05) is 26.1 Å². The Morgan fingerprint density at radius 2 is 1.44 bits per heavy atom. The van der Waals surface area contributed by atoms with Gasteiger partial charge in [0.1, 0.15) is 47.4 Å². The standard InChI is InChI=1S/C39H35FN4O6/c1-47-30-17-13-28(14-18-30)39(27-11-7-4-8-12-27,29-15-19-31(48-2)20-16-29)49-23-32-35(45)34(40)36(50-32)26-21-33-41-24-42-38(44(33)22-26)43-37(46)25-9-5-3-6-10-25/h3-22,24,32,34-36,45H,23H2,1-2H3,(H,41,42,43,46)/t32-,34+,35-,36+/m1/s1. The van der Waals surface area contributed by atoms with Gasteiger partial charge in [0.15, 0.2) is 6.17 Å². The molecule has 1 aliphatic rings. The zero-order valence-corrected chi connectivity index (χ0v) is 27.3. The van der Waals surface area contributed by atoms with Crippen molar-refractivity contribution in [1.29, 1.82) is 0 Å². The maximum atomic E-state index is 16.0. The smallest absolute Gasteiger partial charge is 0.257 e. The topological polar surface area (TPSA) is 116 Å². The molecule has 1 fully saturated rings. The molecule has 1 amide bonds. The van der Waals surface area contributed by atoms with Gasteiger partial charge in [0.05, 0.1) is 20.8 Å². The van der Waals surface area contributed by atoms with Gasteiger partial charge in [-0.3, -0.25) is 14.5 Å². The number of aromatic nitrogens is 3. The van der Waals surface area contributed by atoms with Crippen molar-refractivity contribution in [2.45, 2.75) is 30.1 Å². The average Bonchev–Trinajstić information content (AvgIpc) is 3.73.